The van der Waals surface area contributed by atoms with E-state index in [2.05, 4.69) is 38.3 Å². The van der Waals surface area contributed by atoms with Crippen LogP contribution in [0.25, 0.3) is 0 Å². The van der Waals surface area contributed by atoms with E-state index in [0.717, 1.165) is 35.5 Å². The Morgan fingerprint density at radius 2 is 1.76 bits per heavy atom. The van der Waals surface area contributed by atoms with Crippen LogP contribution in [0.1, 0.15) is 56.7 Å². The van der Waals surface area contributed by atoms with Crippen molar-refractivity contribution in [3.05, 3.63) is 15.7 Å². The van der Waals surface area contributed by atoms with Crippen molar-refractivity contribution in [3.8, 4) is 0 Å². The summed E-state index contributed by atoms with van der Waals surface area (Å²) >= 11 is 2.36. The summed E-state index contributed by atoms with van der Waals surface area (Å²) in [5.74, 6) is 2.10. The topological polar surface area (TPSA) is 41.3 Å². The number of piperidine rings is 1. The third-order valence-corrected chi connectivity index (χ3v) is 6.79. The average Bonchev–Trinajstić information content (AvgIpc) is 3.13. The smallest absolute Gasteiger partial charge is 0.119 e. The maximum Gasteiger partial charge on any atom is 0.119 e. The molecule has 114 valence electrons. The highest BCUT2D eigenvalue weighted by Gasteiger charge is 2.71. The lowest BCUT2D eigenvalue weighted by atomic mass is 9.43. The first-order valence-electron chi connectivity index (χ1n) is 8.29. The predicted octanol–water partition coefficient (Wildman–Crippen LogP) is 2.45. The summed E-state index contributed by atoms with van der Waals surface area (Å²) in [6, 6.07) is 0. The Balaban J connectivity index is 1.34. The number of hydrogen-bond donors (Lipinski definition) is 1. The maximum absolute atomic E-state index is 9.69. The highest BCUT2D eigenvalue weighted by atomic mass is 127. The van der Waals surface area contributed by atoms with Crippen LogP contribution in [0, 0.1) is 3.70 Å². The summed E-state index contributed by atoms with van der Waals surface area (Å²) in [6.07, 6.45) is 10.7. The molecular weight excluding hydrogens is 377 g/mol. The molecule has 6 rings (SSSR count). The first-order chi connectivity index (χ1) is 10.1. The molecule has 5 aliphatic rings. The number of rotatable bonds is 3. The second-order valence-corrected chi connectivity index (χ2v) is 8.87. The van der Waals surface area contributed by atoms with Gasteiger partial charge in [0.1, 0.15) is 9.53 Å². The number of likely N-dealkylation sites (tertiary alicyclic amines) is 1. The molecule has 0 amide bonds. The monoisotopic (exact) mass is 399 g/mol. The SMILES string of the molecule is OC1CCN(C23CC(n4cc(I)nc4C4CC4)(C2)C3)CC1. The largest absolute Gasteiger partial charge is 0.393 e. The minimum absolute atomic E-state index is 0.0562. The van der Waals surface area contributed by atoms with Gasteiger partial charge < -0.3 is 9.67 Å². The van der Waals surface area contributed by atoms with Gasteiger partial charge in [0.25, 0.3) is 0 Å². The van der Waals surface area contributed by atoms with E-state index in [1.165, 1.54) is 37.9 Å². The van der Waals surface area contributed by atoms with Gasteiger partial charge in [0, 0.05) is 30.7 Å². The van der Waals surface area contributed by atoms with Crippen molar-refractivity contribution in [3.63, 3.8) is 0 Å². The lowest BCUT2D eigenvalue weighted by Gasteiger charge is -2.75. The van der Waals surface area contributed by atoms with E-state index < -0.39 is 0 Å². The van der Waals surface area contributed by atoms with Crippen molar-refractivity contribution in [1.82, 2.24) is 14.5 Å². The molecule has 2 heterocycles. The van der Waals surface area contributed by atoms with E-state index in [1.807, 2.05) is 0 Å². The van der Waals surface area contributed by atoms with Crippen molar-refractivity contribution in [1.29, 1.82) is 0 Å². The molecule has 0 atom stereocenters. The van der Waals surface area contributed by atoms with Crippen LogP contribution >= 0.6 is 22.6 Å². The zero-order chi connectivity index (χ0) is 14.2. The number of halogens is 1. The molecule has 5 fully saturated rings. The van der Waals surface area contributed by atoms with Crippen LogP contribution in [0.4, 0.5) is 0 Å². The Labute approximate surface area is 139 Å². The molecule has 1 aromatic heterocycles. The molecule has 4 nitrogen and oxygen atoms in total. The van der Waals surface area contributed by atoms with Crippen molar-refractivity contribution in [2.75, 3.05) is 13.1 Å². The van der Waals surface area contributed by atoms with Crippen LogP contribution in [-0.2, 0) is 5.54 Å². The molecule has 1 aliphatic heterocycles. The molecule has 0 unspecified atom stereocenters. The highest BCUT2D eigenvalue weighted by Crippen LogP contribution is 2.69. The zero-order valence-corrected chi connectivity index (χ0v) is 14.4. The van der Waals surface area contributed by atoms with Crippen molar-refractivity contribution < 1.29 is 5.11 Å². The molecule has 4 aliphatic carbocycles. The fraction of sp³-hybridized carbons (Fsp3) is 0.812. The lowest BCUT2D eigenvalue weighted by molar-refractivity contribution is -0.214. The van der Waals surface area contributed by atoms with Crippen LogP contribution < -0.4 is 0 Å². The average molecular weight is 399 g/mol. The number of hydrogen-bond acceptors (Lipinski definition) is 3. The van der Waals surface area contributed by atoms with Gasteiger partial charge in [-0.3, -0.25) is 4.90 Å². The normalized spacial score (nSPS) is 39.9. The summed E-state index contributed by atoms with van der Waals surface area (Å²) < 4.78 is 3.71. The first kappa shape index (κ1) is 13.3. The number of imidazole rings is 1. The molecule has 2 bridgehead atoms. The minimum atomic E-state index is -0.0562. The third-order valence-electron chi connectivity index (χ3n) is 6.27. The number of aromatic nitrogens is 2. The van der Waals surface area contributed by atoms with Gasteiger partial charge in [-0.25, -0.2) is 4.98 Å². The maximum atomic E-state index is 9.69. The highest BCUT2D eigenvalue weighted by molar-refractivity contribution is 14.1. The zero-order valence-electron chi connectivity index (χ0n) is 12.3. The van der Waals surface area contributed by atoms with E-state index in [4.69, 9.17) is 4.98 Å². The summed E-state index contributed by atoms with van der Waals surface area (Å²) in [4.78, 5) is 7.46. The summed E-state index contributed by atoms with van der Waals surface area (Å²) in [5.41, 5.74) is 0.862. The van der Waals surface area contributed by atoms with Gasteiger partial charge in [0.15, 0.2) is 0 Å². The van der Waals surface area contributed by atoms with Gasteiger partial charge in [-0.2, -0.15) is 0 Å². The van der Waals surface area contributed by atoms with Crippen LogP contribution in [0.3, 0.4) is 0 Å². The van der Waals surface area contributed by atoms with Gasteiger partial charge >= 0.3 is 0 Å². The second-order valence-electron chi connectivity index (χ2n) is 7.76. The molecule has 4 saturated carbocycles. The van der Waals surface area contributed by atoms with Gasteiger partial charge in [-0.1, -0.05) is 0 Å². The molecule has 0 spiro atoms. The third kappa shape index (κ3) is 1.83. The van der Waals surface area contributed by atoms with Crippen LogP contribution in [0.5, 0.6) is 0 Å². The van der Waals surface area contributed by atoms with Gasteiger partial charge in [0.05, 0.1) is 11.6 Å². The van der Waals surface area contributed by atoms with E-state index in [1.54, 1.807) is 0 Å². The Morgan fingerprint density at radius 1 is 1.10 bits per heavy atom. The van der Waals surface area contributed by atoms with Gasteiger partial charge in [-0.05, 0) is 67.5 Å². The van der Waals surface area contributed by atoms with E-state index >= 15 is 0 Å². The molecule has 21 heavy (non-hydrogen) atoms. The van der Waals surface area contributed by atoms with E-state index in [-0.39, 0.29) is 6.10 Å². The Hall–Kier alpha value is -0.140. The molecule has 0 aromatic carbocycles. The van der Waals surface area contributed by atoms with E-state index in [0.29, 0.717) is 11.1 Å². The molecule has 1 saturated heterocycles. The minimum Gasteiger partial charge on any atom is -0.393 e. The Kier molecular flexibility index (Phi) is 2.68. The van der Waals surface area contributed by atoms with Crippen LogP contribution in [-0.4, -0.2) is 44.3 Å². The summed E-state index contributed by atoms with van der Waals surface area (Å²) in [5, 5.41) is 9.69. The standard InChI is InChI=1S/C16H22IN3O/c17-13-7-20(14(18-13)11-1-2-11)16-8-15(9-16,10-16)19-5-3-12(21)4-6-19/h7,11-12,21H,1-6,8-10H2. The molecular formula is C16H22IN3O. The Morgan fingerprint density at radius 3 is 2.38 bits per heavy atom. The van der Waals surface area contributed by atoms with E-state index in [9.17, 15) is 5.11 Å². The second kappa shape index (κ2) is 4.23. The molecule has 1 aromatic rings. The number of nitrogens with zero attached hydrogens (tertiary/aromatic N) is 3. The lowest BCUT2D eigenvalue weighted by Crippen LogP contribution is -2.79. The number of aliphatic hydroxyl groups is 1. The Bertz CT molecular complexity index is 567. The predicted molar refractivity (Wildman–Crippen MR) is 88.3 cm³/mol. The first-order valence-corrected chi connectivity index (χ1v) is 9.37. The molecule has 0 radical (unpaired) electrons. The fourth-order valence-corrected chi connectivity index (χ4v) is 5.51. The number of aliphatic hydroxyl groups excluding tert-OH is 1. The van der Waals surface area contributed by atoms with Gasteiger partial charge in [-0.15, -0.1) is 0 Å². The summed E-state index contributed by atoms with van der Waals surface area (Å²) in [6.45, 7) is 2.18. The fourth-order valence-electron chi connectivity index (χ4n) is 4.99. The van der Waals surface area contributed by atoms with Crippen LogP contribution in [0.15, 0.2) is 6.20 Å². The van der Waals surface area contributed by atoms with Crippen LogP contribution in [0.2, 0.25) is 0 Å². The van der Waals surface area contributed by atoms with Crippen molar-refractivity contribution in [2.45, 2.75) is 68.0 Å². The van der Waals surface area contributed by atoms with Crippen molar-refractivity contribution >= 4 is 22.6 Å². The van der Waals surface area contributed by atoms with Gasteiger partial charge in [0.2, 0.25) is 0 Å². The summed E-state index contributed by atoms with van der Waals surface area (Å²) in [7, 11) is 0. The molecule has 1 N–H and O–H groups in total. The quantitative estimate of drug-likeness (QED) is 0.795. The molecule has 5 heteroatoms. The van der Waals surface area contributed by atoms with Crippen molar-refractivity contribution in [2.24, 2.45) is 0 Å².